The Morgan fingerprint density at radius 3 is 0.620 bits per heavy atom. The van der Waals surface area contributed by atoms with Gasteiger partial charge in [-0.15, -0.1) is 0 Å². The van der Waals surface area contributed by atoms with Gasteiger partial charge in [-0.05, 0) is 49.4 Å². The Hall–Kier alpha value is -1.94. The largest absolute Gasteiger partial charge is 0.472 e. The topological polar surface area (TPSA) is 237 Å². The maximum atomic E-state index is 13.1. The van der Waals surface area contributed by atoms with Gasteiger partial charge >= 0.3 is 39.5 Å². The number of ether oxygens (including phenoxy) is 4. The average molecular weight is 1470 g/mol. The van der Waals surface area contributed by atoms with Gasteiger partial charge in [0.05, 0.1) is 26.4 Å². The van der Waals surface area contributed by atoms with E-state index in [0.717, 1.165) is 114 Å². The molecule has 0 saturated carbocycles. The Balaban J connectivity index is 5.20. The zero-order valence-electron chi connectivity index (χ0n) is 65.8. The van der Waals surface area contributed by atoms with Gasteiger partial charge in [0, 0.05) is 25.7 Å². The molecule has 0 aromatic carbocycles. The molecule has 3 N–H and O–H groups in total. The fourth-order valence-corrected chi connectivity index (χ4v) is 14.0. The fraction of sp³-hybridized carbons (Fsp3) is 0.951. The molecular formula is C81H158O17P2. The number of aliphatic hydroxyl groups is 1. The first-order valence-electron chi connectivity index (χ1n) is 41.7. The van der Waals surface area contributed by atoms with Crippen LogP contribution >= 0.6 is 15.6 Å². The van der Waals surface area contributed by atoms with Gasteiger partial charge in [0.15, 0.2) is 12.2 Å². The number of hydrogen-bond acceptors (Lipinski definition) is 15. The van der Waals surface area contributed by atoms with E-state index in [2.05, 4.69) is 55.4 Å². The molecule has 594 valence electrons. The summed E-state index contributed by atoms with van der Waals surface area (Å²) in [7, 11) is -9.92. The number of phosphoric ester groups is 2. The van der Waals surface area contributed by atoms with E-state index in [4.69, 9.17) is 37.0 Å². The molecule has 0 aromatic heterocycles. The van der Waals surface area contributed by atoms with Crippen molar-refractivity contribution in [3.63, 3.8) is 0 Å². The first-order valence-corrected chi connectivity index (χ1v) is 44.7. The second-order valence-electron chi connectivity index (χ2n) is 31.1. The first kappa shape index (κ1) is 98.1. The van der Waals surface area contributed by atoms with Crippen LogP contribution in [-0.2, 0) is 65.4 Å². The minimum absolute atomic E-state index is 0.106. The van der Waals surface area contributed by atoms with Crippen molar-refractivity contribution >= 4 is 39.5 Å². The standard InChI is InChI=1S/C81H158O17P2/c1-71(2)57-49-41-33-27-21-15-13-11-9-10-12-14-16-24-30-36-45-53-61-78(83)91-67-76(97-80(85)63-55-47-37-31-25-19-17-22-28-34-42-50-58-72(3)4)69-95-99(87,88)93-65-75(82)66-94-100(89,90)96-70-77(68-92-79(84)62-54-46-40-39-44-52-60-74(7)8)98-81(86)64-56-48-38-32-26-20-18-23-29-35-43-51-59-73(5)6/h71-77,82H,9-70H2,1-8H3,(H,87,88)(H,89,90)/t75-,76-,77-/m1/s1. The van der Waals surface area contributed by atoms with E-state index in [-0.39, 0.29) is 25.7 Å². The van der Waals surface area contributed by atoms with Crippen LogP contribution in [-0.4, -0.2) is 96.7 Å². The Kier molecular flexibility index (Phi) is 68.7. The van der Waals surface area contributed by atoms with Gasteiger partial charge in [-0.3, -0.25) is 37.3 Å². The number of rotatable bonds is 78. The molecule has 0 aliphatic carbocycles. The molecule has 0 aliphatic rings. The summed E-state index contributed by atoms with van der Waals surface area (Å²) in [5.74, 6) is 0.939. The predicted molar refractivity (Wildman–Crippen MR) is 409 cm³/mol. The lowest BCUT2D eigenvalue weighted by Gasteiger charge is -2.21. The fourth-order valence-electron chi connectivity index (χ4n) is 12.4. The number of aliphatic hydroxyl groups excluding tert-OH is 1. The van der Waals surface area contributed by atoms with E-state index in [1.165, 1.54) is 212 Å². The third-order valence-electron chi connectivity index (χ3n) is 18.8. The van der Waals surface area contributed by atoms with Crippen LogP contribution in [0.25, 0.3) is 0 Å². The summed E-state index contributed by atoms with van der Waals surface area (Å²) in [5.41, 5.74) is 0. The molecule has 5 atom stereocenters. The van der Waals surface area contributed by atoms with Crippen LogP contribution in [0, 0.1) is 23.7 Å². The second kappa shape index (κ2) is 70.1. The second-order valence-corrected chi connectivity index (χ2v) is 34.0. The summed E-state index contributed by atoms with van der Waals surface area (Å²) < 4.78 is 68.7. The molecule has 100 heavy (non-hydrogen) atoms. The maximum Gasteiger partial charge on any atom is 0.472 e. The van der Waals surface area contributed by atoms with Gasteiger partial charge in [-0.1, -0.05) is 364 Å². The predicted octanol–water partition coefficient (Wildman–Crippen LogP) is 24.0. The van der Waals surface area contributed by atoms with Crippen molar-refractivity contribution in [2.24, 2.45) is 23.7 Å². The Bertz CT molecular complexity index is 1950. The minimum Gasteiger partial charge on any atom is -0.462 e. The average Bonchev–Trinajstić information content (AvgIpc) is 0.953. The zero-order valence-corrected chi connectivity index (χ0v) is 67.6. The van der Waals surface area contributed by atoms with E-state index in [0.29, 0.717) is 31.6 Å². The SMILES string of the molecule is CC(C)CCCCCCCCCCCCCCCCCCCCC(=O)OC[C@H](COP(=O)(O)OC[C@@H](O)COP(=O)(O)OC[C@@H](COC(=O)CCCCCCCCC(C)C)OC(=O)CCCCCCCCCCCCCCC(C)C)OC(=O)CCCCCCCCCCCCCCC(C)C. The first-order chi connectivity index (χ1) is 48.1. The van der Waals surface area contributed by atoms with Crippen LogP contribution < -0.4 is 0 Å². The molecule has 0 radical (unpaired) electrons. The number of carbonyl (C=O) groups is 4. The van der Waals surface area contributed by atoms with Gasteiger partial charge in [0.2, 0.25) is 0 Å². The van der Waals surface area contributed by atoms with E-state index in [1.807, 2.05) is 0 Å². The molecule has 2 unspecified atom stereocenters. The summed E-state index contributed by atoms with van der Waals surface area (Å²) in [6, 6.07) is 0. The summed E-state index contributed by atoms with van der Waals surface area (Å²) in [5, 5.41) is 10.6. The highest BCUT2D eigenvalue weighted by atomic mass is 31.2. The minimum atomic E-state index is -4.96. The molecule has 0 aromatic rings. The normalized spacial score (nSPS) is 14.0. The van der Waals surface area contributed by atoms with Crippen molar-refractivity contribution in [2.75, 3.05) is 39.6 Å². The van der Waals surface area contributed by atoms with E-state index in [9.17, 15) is 43.2 Å². The van der Waals surface area contributed by atoms with Gasteiger partial charge in [0.25, 0.3) is 0 Å². The molecule has 0 spiro atoms. The van der Waals surface area contributed by atoms with Crippen LogP contribution in [0.4, 0.5) is 0 Å². The lowest BCUT2D eigenvalue weighted by atomic mass is 10.0. The van der Waals surface area contributed by atoms with Gasteiger partial charge in [-0.2, -0.15) is 0 Å². The summed E-state index contributed by atoms with van der Waals surface area (Å²) in [6.07, 6.45) is 57.1. The molecule has 0 amide bonds. The van der Waals surface area contributed by atoms with Crippen molar-refractivity contribution in [3.8, 4) is 0 Å². The van der Waals surface area contributed by atoms with Crippen LogP contribution in [0.2, 0.25) is 0 Å². The molecule has 0 aliphatic heterocycles. The number of phosphoric acid groups is 2. The molecule has 0 saturated heterocycles. The van der Waals surface area contributed by atoms with Gasteiger partial charge < -0.3 is 33.8 Å². The van der Waals surface area contributed by atoms with Crippen molar-refractivity contribution in [1.82, 2.24) is 0 Å². The third-order valence-corrected chi connectivity index (χ3v) is 20.7. The van der Waals surface area contributed by atoms with Crippen LogP contribution in [0.3, 0.4) is 0 Å². The molecular weight excluding hydrogens is 1310 g/mol. The highest BCUT2D eigenvalue weighted by Gasteiger charge is 2.30. The number of unbranched alkanes of at least 4 members (excludes halogenated alkanes) is 44. The summed E-state index contributed by atoms with van der Waals surface area (Å²) >= 11 is 0. The Morgan fingerprint density at radius 1 is 0.250 bits per heavy atom. The molecule has 0 rings (SSSR count). The van der Waals surface area contributed by atoms with E-state index in [1.54, 1.807) is 0 Å². The van der Waals surface area contributed by atoms with E-state index >= 15 is 0 Å². The Labute approximate surface area is 613 Å². The molecule has 0 heterocycles. The van der Waals surface area contributed by atoms with Crippen LogP contribution in [0.1, 0.15) is 415 Å². The maximum absolute atomic E-state index is 13.1. The number of esters is 4. The van der Waals surface area contributed by atoms with Crippen molar-refractivity contribution in [1.29, 1.82) is 0 Å². The van der Waals surface area contributed by atoms with E-state index < -0.39 is 97.5 Å². The number of carbonyl (C=O) groups excluding carboxylic acids is 4. The number of hydrogen-bond donors (Lipinski definition) is 3. The van der Waals surface area contributed by atoms with Gasteiger partial charge in [-0.25, -0.2) is 9.13 Å². The lowest BCUT2D eigenvalue weighted by molar-refractivity contribution is -0.161. The summed E-state index contributed by atoms with van der Waals surface area (Å²) in [4.78, 5) is 73.0. The van der Waals surface area contributed by atoms with Crippen LogP contribution in [0.5, 0.6) is 0 Å². The smallest absolute Gasteiger partial charge is 0.462 e. The summed E-state index contributed by atoms with van der Waals surface area (Å²) in [6.45, 7) is 14.2. The highest BCUT2D eigenvalue weighted by Crippen LogP contribution is 2.45. The molecule has 17 nitrogen and oxygen atoms in total. The Morgan fingerprint density at radius 2 is 0.420 bits per heavy atom. The van der Waals surface area contributed by atoms with Crippen LogP contribution in [0.15, 0.2) is 0 Å². The molecule has 0 fully saturated rings. The van der Waals surface area contributed by atoms with Gasteiger partial charge in [0.1, 0.15) is 19.3 Å². The molecule has 19 heteroatoms. The van der Waals surface area contributed by atoms with Crippen molar-refractivity contribution in [3.05, 3.63) is 0 Å². The molecule has 0 bridgehead atoms. The van der Waals surface area contributed by atoms with Crippen molar-refractivity contribution < 1.29 is 80.2 Å². The lowest BCUT2D eigenvalue weighted by Crippen LogP contribution is -2.30. The quantitative estimate of drug-likeness (QED) is 0.0222. The highest BCUT2D eigenvalue weighted by molar-refractivity contribution is 7.47. The zero-order chi connectivity index (χ0) is 73.8. The van der Waals surface area contributed by atoms with Crippen molar-refractivity contribution in [2.45, 2.75) is 433 Å². The monoisotopic (exact) mass is 1470 g/mol. The third kappa shape index (κ3) is 74.3.